The van der Waals surface area contributed by atoms with Crippen molar-refractivity contribution in [3.05, 3.63) is 42.2 Å². The smallest absolute Gasteiger partial charge is 0.244 e. The number of halogens is 1. The van der Waals surface area contributed by atoms with Crippen molar-refractivity contribution < 1.29 is 9.18 Å². The molecule has 7 heteroatoms. The van der Waals surface area contributed by atoms with Gasteiger partial charge in [-0.2, -0.15) is 5.26 Å². The fourth-order valence-electron chi connectivity index (χ4n) is 1.38. The third-order valence-corrected chi connectivity index (χ3v) is 2.14. The normalized spacial score (nSPS) is 9.78. The molecule has 90 valence electrons. The minimum Gasteiger partial charge on any atom is -0.324 e. The molecule has 2 aromatic rings. The highest BCUT2D eigenvalue weighted by Gasteiger charge is 2.08. The van der Waals surface area contributed by atoms with Crippen LogP contribution in [0.15, 0.2) is 30.6 Å². The van der Waals surface area contributed by atoms with Gasteiger partial charge in [-0.3, -0.25) is 9.36 Å². The summed E-state index contributed by atoms with van der Waals surface area (Å²) < 4.78 is 14.2. The fraction of sp³-hybridized carbons (Fsp3) is 0.0909. The van der Waals surface area contributed by atoms with E-state index in [4.69, 9.17) is 5.26 Å². The minimum absolute atomic E-state index is 0.0457. The molecule has 0 fully saturated rings. The Labute approximate surface area is 102 Å². The highest BCUT2D eigenvalue weighted by molar-refractivity contribution is 5.90. The summed E-state index contributed by atoms with van der Waals surface area (Å²) in [5, 5.41) is 18.2. The predicted octanol–water partition coefficient (Wildman–Crippen LogP) is 0.928. The number of nitrogens with zero attached hydrogens (tertiary/aromatic N) is 4. The van der Waals surface area contributed by atoms with E-state index >= 15 is 0 Å². The Kier molecular flexibility index (Phi) is 3.29. The summed E-state index contributed by atoms with van der Waals surface area (Å²) in [5.74, 6) is -0.781. The molecule has 1 amide bonds. The van der Waals surface area contributed by atoms with E-state index in [0.29, 0.717) is 5.69 Å². The molecule has 1 N–H and O–H groups in total. The molecule has 0 aliphatic carbocycles. The third kappa shape index (κ3) is 2.68. The van der Waals surface area contributed by atoms with Crippen LogP contribution in [0.1, 0.15) is 5.82 Å². The summed E-state index contributed by atoms with van der Waals surface area (Å²) in [5.41, 5.74) is 0.353. The number of benzene rings is 1. The van der Waals surface area contributed by atoms with Crippen molar-refractivity contribution in [3.63, 3.8) is 0 Å². The Hall–Kier alpha value is -2.75. The van der Waals surface area contributed by atoms with Crippen LogP contribution in [0.5, 0.6) is 0 Å². The van der Waals surface area contributed by atoms with Gasteiger partial charge in [0.1, 0.15) is 24.8 Å². The van der Waals surface area contributed by atoms with Crippen molar-refractivity contribution >= 4 is 11.6 Å². The maximum absolute atomic E-state index is 12.9. The van der Waals surface area contributed by atoms with Crippen LogP contribution in [0.3, 0.4) is 0 Å². The fourth-order valence-corrected chi connectivity index (χ4v) is 1.38. The Bertz CT molecular complexity index is 616. The van der Waals surface area contributed by atoms with Gasteiger partial charge in [0.2, 0.25) is 11.7 Å². The van der Waals surface area contributed by atoms with E-state index in [9.17, 15) is 9.18 Å². The van der Waals surface area contributed by atoms with E-state index in [1.165, 1.54) is 29.1 Å². The average Bonchev–Trinajstić information content (AvgIpc) is 2.76. The highest BCUT2D eigenvalue weighted by atomic mass is 19.1. The summed E-state index contributed by atoms with van der Waals surface area (Å²) in [7, 11) is 0. The van der Waals surface area contributed by atoms with Crippen LogP contribution in [0, 0.1) is 17.1 Å². The molecule has 0 aliphatic rings. The standard InChI is InChI=1S/C11H8FN5O/c12-8-2-1-3-9(4-8)15-11(18)6-17-7-14-16-10(17)5-13/h1-4,7H,6H2,(H,15,18). The van der Waals surface area contributed by atoms with Crippen LogP contribution in [-0.2, 0) is 11.3 Å². The molecular formula is C11H8FN5O. The van der Waals surface area contributed by atoms with Gasteiger partial charge >= 0.3 is 0 Å². The van der Waals surface area contributed by atoms with Crippen molar-refractivity contribution in [1.82, 2.24) is 14.8 Å². The molecule has 0 saturated heterocycles. The zero-order valence-corrected chi connectivity index (χ0v) is 9.17. The van der Waals surface area contributed by atoms with Crippen LogP contribution in [-0.4, -0.2) is 20.7 Å². The molecule has 0 saturated carbocycles. The third-order valence-electron chi connectivity index (χ3n) is 2.14. The van der Waals surface area contributed by atoms with Gasteiger partial charge in [0, 0.05) is 5.69 Å². The summed E-state index contributed by atoms with van der Waals surface area (Å²) in [6.45, 7) is -0.105. The van der Waals surface area contributed by atoms with Crippen molar-refractivity contribution in [3.8, 4) is 6.07 Å². The number of rotatable bonds is 3. The number of aromatic nitrogens is 3. The van der Waals surface area contributed by atoms with E-state index in [0.717, 1.165) is 0 Å². The first-order valence-electron chi connectivity index (χ1n) is 5.02. The lowest BCUT2D eigenvalue weighted by Gasteiger charge is -2.05. The Morgan fingerprint density at radius 2 is 2.39 bits per heavy atom. The molecule has 2 rings (SSSR count). The Morgan fingerprint density at radius 3 is 3.11 bits per heavy atom. The maximum atomic E-state index is 12.9. The molecule has 0 aliphatic heterocycles. The lowest BCUT2D eigenvalue weighted by atomic mass is 10.3. The van der Waals surface area contributed by atoms with E-state index in [2.05, 4.69) is 15.5 Å². The molecule has 1 aromatic heterocycles. The van der Waals surface area contributed by atoms with Gasteiger partial charge < -0.3 is 5.32 Å². The second-order valence-electron chi connectivity index (χ2n) is 3.45. The predicted molar refractivity (Wildman–Crippen MR) is 59.8 cm³/mol. The number of nitrogens with one attached hydrogen (secondary N) is 1. The van der Waals surface area contributed by atoms with Crippen molar-refractivity contribution in [2.24, 2.45) is 0 Å². The Morgan fingerprint density at radius 1 is 1.56 bits per heavy atom. The van der Waals surface area contributed by atoms with Crippen LogP contribution in [0.2, 0.25) is 0 Å². The average molecular weight is 245 g/mol. The van der Waals surface area contributed by atoms with Gasteiger partial charge in [0.25, 0.3) is 0 Å². The highest BCUT2D eigenvalue weighted by Crippen LogP contribution is 2.09. The second-order valence-corrected chi connectivity index (χ2v) is 3.45. The molecule has 0 bridgehead atoms. The second kappa shape index (κ2) is 5.05. The first-order valence-corrected chi connectivity index (χ1v) is 5.02. The number of anilines is 1. The molecule has 0 atom stereocenters. The molecule has 1 aromatic carbocycles. The van der Waals surface area contributed by atoms with Gasteiger partial charge in [0.05, 0.1) is 0 Å². The molecule has 0 unspecified atom stereocenters. The Balaban J connectivity index is 2.04. The van der Waals surface area contributed by atoms with Crippen LogP contribution in [0.4, 0.5) is 10.1 Å². The van der Waals surface area contributed by atoms with Crippen LogP contribution in [0.25, 0.3) is 0 Å². The van der Waals surface area contributed by atoms with Gasteiger partial charge in [-0.1, -0.05) is 6.07 Å². The maximum Gasteiger partial charge on any atom is 0.244 e. The number of hydrogen-bond donors (Lipinski definition) is 1. The lowest BCUT2D eigenvalue weighted by molar-refractivity contribution is -0.116. The zero-order chi connectivity index (χ0) is 13.0. The first kappa shape index (κ1) is 11.7. The largest absolute Gasteiger partial charge is 0.324 e. The zero-order valence-electron chi connectivity index (χ0n) is 9.17. The van der Waals surface area contributed by atoms with Gasteiger partial charge in [-0.15, -0.1) is 10.2 Å². The van der Waals surface area contributed by atoms with Crippen molar-refractivity contribution in [2.75, 3.05) is 5.32 Å². The SMILES string of the molecule is N#Cc1nncn1CC(=O)Nc1cccc(F)c1. The summed E-state index contributed by atoms with van der Waals surface area (Å²) in [6.07, 6.45) is 1.28. The van der Waals surface area contributed by atoms with Gasteiger partial charge in [-0.25, -0.2) is 4.39 Å². The summed E-state index contributed by atoms with van der Waals surface area (Å²) >= 11 is 0. The number of carbonyl (C=O) groups is 1. The number of nitriles is 1. The van der Waals surface area contributed by atoms with Gasteiger partial charge in [-0.05, 0) is 18.2 Å². The van der Waals surface area contributed by atoms with E-state index in [1.54, 1.807) is 12.1 Å². The molecule has 0 spiro atoms. The number of hydrogen-bond acceptors (Lipinski definition) is 4. The van der Waals surface area contributed by atoms with Crippen molar-refractivity contribution in [2.45, 2.75) is 6.54 Å². The van der Waals surface area contributed by atoms with Crippen molar-refractivity contribution in [1.29, 1.82) is 5.26 Å². The number of amides is 1. The monoisotopic (exact) mass is 245 g/mol. The number of carbonyl (C=O) groups excluding carboxylic acids is 1. The molecular weight excluding hydrogens is 237 g/mol. The summed E-state index contributed by atoms with van der Waals surface area (Å²) in [4.78, 5) is 11.6. The van der Waals surface area contributed by atoms with E-state index in [1.807, 2.05) is 0 Å². The quantitative estimate of drug-likeness (QED) is 0.871. The summed E-state index contributed by atoms with van der Waals surface area (Å²) in [6, 6.07) is 7.35. The topological polar surface area (TPSA) is 83.6 Å². The molecule has 1 heterocycles. The molecule has 6 nitrogen and oxygen atoms in total. The lowest BCUT2D eigenvalue weighted by Crippen LogP contribution is -2.19. The minimum atomic E-state index is -0.435. The first-order chi connectivity index (χ1) is 8.69. The van der Waals surface area contributed by atoms with Crippen LogP contribution < -0.4 is 5.32 Å². The van der Waals surface area contributed by atoms with Gasteiger partial charge in [0.15, 0.2) is 0 Å². The molecule has 0 radical (unpaired) electrons. The van der Waals surface area contributed by atoms with Crippen LogP contribution >= 0.6 is 0 Å². The molecule has 18 heavy (non-hydrogen) atoms. The van der Waals surface area contributed by atoms with E-state index in [-0.39, 0.29) is 12.4 Å². The van der Waals surface area contributed by atoms with E-state index < -0.39 is 11.7 Å².